The van der Waals surface area contributed by atoms with E-state index in [1.54, 1.807) is 0 Å². The van der Waals surface area contributed by atoms with Crippen molar-refractivity contribution in [2.45, 2.75) is 44.9 Å². The van der Waals surface area contributed by atoms with Gasteiger partial charge >= 0.3 is 5.97 Å². The van der Waals surface area contributed by atoms with Crippen LogP contribution < -0.4 is 5.32 Å². The first-order chi connectivity index (χ1) is 21.2. The second kappa shape index (κ2) is 13.0. The molecule has 3 aliphatic rings. The van der Waals surface area contributed by atoms with Gasteiger partial charge in [0.1, 0.15) is 6.04 Å². The topological polar surface area (TPSA) is 117 Å². The molecule has 0 radical (unpaired) electrons. The zero-order valence-corrected chi connectivity index (χ0v) is 26.3. The highest BCUT2D eigenvalue weighted by Crippen LogP contribution is 2.33. The van der Waals surface area contributed by atoms with Crippen molar-refractivity contribution in [3.8, 4) is 23.1 Å². The molecule has 1 atom stereocenters. The molecule has 2 aromatic carbocycles. The number of halogens is 1. The van der Waals surface area contributed by atoms with Crippen LogP contribution in [0.4, 0.5) is 0 Å². The molecular formula is C32H36ClN5O5S. The van der Waals surface area contributed by atoms with Crippen LogP contribution in [0.25, 0.3) is 11.3 Å². The minimum Gasteiger partial charge on any atom is -0.480 e. The molecule has 1 aromatic heterocycles. The molecule has 4 heterocycles. The van der Waals surface area contributed by atoms with Crippen molar-refractivity contribution in [3.63, 3.8) is 0 Å². The summed E-state index contributed by atoms with van der Waals surface area (Å²) in [4.78, 5) is 13.8. The van der Waals surface area contributed by atoms with Crippen molar-refractivity contribution < 1.29 is 23.1 Å². The molecule has 2 N–H and O–H groups in total. The van der Waals surface area contributed by atoms with Crippen LogP contribution in [-0.4, -0.2) is 90.2 Å². The predicted octanol–water partition coefficient (Wildman–Crippen LogP) is 2.74. The predicted molar refractivity (Wildman–Crippen MR) is 168 cm³/mol. The van der Waals surface area contributed by atoms with Crippen LogP contribution in [0.1, 0.15) is 39.9 Å². The van der Waals surface area contributed by atoms with E-state index in [0.29, 0.717) is 36.5 Å². The number of benzene rings is 2. The van der Waals surface area contributed by atoms with E-state index in [2.05, 4.69) is 26.7 Å². The minimum atomic E-state index is -3.36. The summed E-state index contributed by atoms with van der Waals surface area (Å²) in [6.07, 6.45) is 3.23. The number of aromatic nitrogens is 2. The second-order valence-electron chi connectivity index (χ2n) is 11.6. The summed E-state index contributed by atoms with van der Waals surface area (Å²) in [6.45, 7) is 6.31. The average molecular weight is 638 g/mol. The Morgan fingerprint density at radius 2 is 1.93 bits per heavy atom. The van der Waals surface area contributed by atoms with Crippen LogP contribution in [0.5, 0.6) is 0 Å². The number of carbonyl (C=O) groups is 1. The lowest BCUT2D eigenvalue weighted by Gasteiger charge is -2.27. The van der Waals surface area contributed by atoms with Crippen LogP contribution in [0.3, 0.4) is 0 Å². The van der Waals surface area contributed by atoms with Gasteiger partial charge < -0.3 is 15.2 Å². The van der Waals surface area contributed by atoms with E-state index in [0.717, 1.165) is 85.0 Å². The summed E-state index contributed by atoms with van der Waals surface area (Å²) in [7, 11) is -3.36. The number of sulfonamides is 1. The molecule has 1 fully saturated rings. The van der Waals surface area contributed by atoms with Crippen LogP contribution >= 0.6 is 11.6 Å². The number of morpholine rings is 1. The summed E-state index contributed by atoms with van der Waals surface area (Å²) in [6, 6.07) is 10.9. The number of nitrogens with zero attached hydrogens (tertiary/aromatic N) is 4. The summed E-state index contributed by atoms with van der Waals surface area (Å²) in [5, 5.41) is 17.9. The summed E-state index contributed by atoms with van der Waals surface area (Å²) >= 11 is 6.59. The third-order valence-electron chi connectivity index (χ3n) is 8.56. The number of fused-ring (bicyclic) bond motifs is 2. The SMILES string of the molecule is CS(=O)(=O)N1CCc2c(c(-c3ccc(Cl)c(C#Cc4ccc5c(c4)CNC(C(=O)O)C5)c3)nn2CCCN2CCOCC2)C1. The number of ether oxygens (including phenoxy) is 1. The Labute approximate surface area is 263 Å². The molecule has 6 rings (SSSR count). The molecular weight excluding hydrogens is 602 g/mol. The number of aliphatic carboxylic acids is 1. The quantitative estimate of drug-likeness (QED) is 0.380. The first-order valence-electron chi connectivity index (χ1n) is 14.9. The van der Waals surface area contributed by atoms with Gasteiger partial charge in [0.15, 0.2) is 0 Å². The Morgan fingerprint density at radius 1 is 1.11 bits per heavy atom. The number of carboxylic acid groups (broad SMARTS) is 1. The van der Waals surface area contributed by atoms with Gasteiger partial charge in [-0.3, -0.25) is 14.4 Å². The highest BCUT2D eigenvalue weighted by Gasteiger charge is 2.30. The van der Waals surface area contributed by atoms with Gasteiger partial charge in [-0.15, -0.1) is 0 Å². The highest BCUT2D eigenvalue weighted by molar-refractivity contribution is 7.88. The van der Waals surface area contributed by atoms with Crippen LogP contribution in [0.15, 0.2) is 36.4 Å². The fourth-order valence-corrected chi connectivity index (χ4v) is 7.06. The van der Waals surface area contributed by atoms with Crippen molar-refractivity contribution >= 4 is 27.6 Å². The molecule has 0 saturated carbocycles. The van der Waals surface area contributed by atoms with Gasteiger partial charge in [-0.2, -0.15) is 9.40 Å². The fourth-order valence-electron chi connectivity index (χ4n) is 6.11. The Hall–Kier alpha value is -3.24. The van der Waals surface area contributed by atoms with E-state index in [-0.39, 0.29) is 6.54 Å². The monoisotopic (exact) mass is 637 g/mol. The third kappa shape index (κ3) is 6.86. The molecule has 1 saturated heterocycles. The van der Waals surface area contributed by atoms with Gasteiger partial charge in [0.2, 0.25) is 10.0 Å². The average Bonchev–Trinajstić information content (AvgIpc) is 3.38. The maximum atomic E-state index is 12.5. The number of carboxylic acids is 1. The molecule has 3 aliphatic heterocycles. The van der Waals surface area contributed by atoms with Crippen LogP contribution in [-0.2, 0) is 52.0 Å². The Morgan fingerprint density at radius 3 is 2.70 bits per heavy atom. The van der Waals surface area contributed by atoms with Gasteiger partial charge in [-0.05, 0) is 48.2 Å². The lowest BCUT2D eigenvalue weighted by molar-refractivity contribution is -0.139. The summed E-state index contributed by atoms with van der Waals surface area (Å²) in [5.74, 6) is 5.57. The van der Waals surface area contributed by atoms with Crippen molar-refractivity contribution in [1.82, 2.24) is 24.3 Å². The van der Waals surface area contributed by atoms with Gasteiger partial charge in [-0.1, -0.05) is 35.6 Å². The Bertz CT molecular complexity index is 1740. The summed E-state index contributed by atoms with van der Waals surface area (Å²) in [5.41, 5.74) is 7.11. The van der Waals surface area contributed by atoms with Crippen molar-refractivity contribution in [3.05, 3.63) is 74.9 Å². The minimum absolute atomic E-state index is 0.280. The van der Waals surface area contributed by atoms with E-state index in [9.17, 15) is 18.3 Å². The van der Waals surface area contributed by atoms with Gasteiger partial charge in [0.05, 0.1) is 30.2 Å². The van der Waals surface area contributed by atoms with Crippen LogP contribution in [0.2, 0.25) is 5.02 Å². The normalized spacial score (nSPS) is 19.1. The van der Waals surface area contributed by atoms with Gasteiger partial charge in [0.25, 0.3) is 0 Å². The fraction of sp³-hybridized carbons (Fsp3) is 0.438. The molecule has 12 heteroatoms. The van der Waals surface area contributed by atoms with Crippen molar-refractivity contribution in [2.24, 2.45) is 0 Å². The van der Waals surface area contributed by atoms with E-state index >= 15 is 0 Å². The summed E-state index contributed by atoms with van der Waals surface area (Å²) < 4.78 is 34.0. The number of nitrogens with one attached hydrogen (secondary N) is 1. The molecule has 1 unspecified atom stereocenters. The Kier molecular flexibility index (Phi) is 9.10. The van der Waals surface area contributed by atoms with Crippen LogP contribution in [0, 0.1) is 11.8 Å². The van der Waals surface area contributed by atoms with Gasteiger partial charge in [0, 0.05) is 80.2 Å². The zero-order valence-electron chi connectivity index (χ0n) is 24.7. The smallest absolute Gasteiger partial charge is 0.321 e. The van der Waals surface area contributed by atoms with E-state index in [4.69, 9.17) is 21.4 Å². The number of hydrogen-bond donors (Lipinski definition) is 2. The maximum Gasteiger partial charge on any atom is 0.321 e. The standard InChI is InChI=1S/C32H36ClN5O5S/c1-44(41,42)37-12-9-30-27(21-37)31(35-38(30)11-2-10-36-13-15-43-16-14-36)25-7-8-28(33)24(18-25)6-4-22-3-5-23-19-29(32(39)40)34-20-26(23)17-22/h3,5,7-8,17-18,29,34H,2,9-16,19-21H2,1H3,(H,39,40). The first kappa shape index (κ1) is 30.8. The highest BCUT2D eigenvalue weighted by atomic mass is 35.5. The molecule has 0 spiro atoms. The molecule has 232 valence electrons. The molecule has 0 bridgehead atoms. The number of rotatable bonds is 7. The zero-order chi connectivity index (χ0) is 30.8. The number of aryl methyl sites for hydroxylation is 1. The number of hydrogen-bond acceptors (Lipinski definition) is 7. The third-order valence-corrected chi connectivity index (χ3v) is 10.1. The molecule has 0 aliphatic carbocycles. The second-order valence-corrected chi connectivity index (χ2v) is 13.9. The molecule has 3 aromatic rings. The van der Waals surface area contributed by atoms with Crippen molar-refractivity contribution in [1.29, 1.82) is 0 Å². The van der Waals surface area contributed by atoms with E-state index < -0.39 is 22.0 Å². The molecule has 0 amide bonds. The van der Waals surface area contributed by atoms with E-state index in [1.807, 2.05) is 36.4 Å². The maximum absolute atomic E-state index is 12.5. The largest absolute Gasteiger partial charge is 0.480 e. The van der Waals surface area contributed by atoms with E-state index in [1.165, 1.54) is 10.6 Å². The van der Waals surface area contributed by atoms with Crippen molar-refractivity contribution in [2.75, 3.05) is 45.6 Å². The Balaban J connectivity index is 1.27. The lowest BCUT2D eigenvalue weighted by Crippen LogP contribution is -2.41. The van der Waals surface area contributed by atoms with Gasteiger partial charge in [-0.25, -0.2) is 8.42 Å². The first-order valence-corrected chi connectivity index (χ1v) is 17.1. The lowest BCUT2D eigenvalue weighted by atomic mass is 9.94. The molecule has 44 heavy (non-hydrogen) atoms. The molecule has 10 nitrogen and oxygen atoms in total.